The van der Waals surface area contributed by atoms with Crippen molar-refractivity contribution >= 4 is 17.5 Å². The molecule has 0 bridgehead atoms. The van der Waals surface area contributed by atoms with Crippen molar-refractivity contribution in [3.63, 3.8) is 0 Å². The summed E-state index contributed by atoms with van der Waals surface area (Å²) in [4.78, 5) is 24.0. The lowest BCUT2D eigenvalue weighted by Crippen LogP contribution is -2.33. The van der Waals surface area contributed by atoms with Gasteiger partial charge in [-0.05, 0) is 48.9 Å². The molecule has 0 fully saturated rings. The molecule has 2 aromatic carbocycles. The van der Waals surface area contributed by atoms with E-state index in [2.05, 4.69) is 20.8 Å². The highest BCUT2D eigenvalue weighted by Gasteiger charge is 2.13. The summed E-state index contributed by atoms with van der Waals surface area (Å²) in [5.41, 5.74) is 2.58. The Morgan fingerprint density at radius 2 is 1.88 bits per heavy atom. The third kappa shape index (κ3) is 4.13. The van der Waals surface area contributed by atoms with Gasteiger partial charge in [0, 0.05) is 11.3 Å². The first-order chi connectivity index (χ1) is 12.5. The first-order valence-electron chi connectivity index (χ1n) is 7.98. The van der Waals surface area contributed by atoms with E-state index in [1.807, 2.05) is 6.07 Å². The number of carbonyl (C=O) groups is 2. The fraction of sp³-hybridized carbons (Fsp3) is 0.105. The fourth-order valence-corrected chi connectivity index (χ4v) is 2.37. The minimum Gasteiger partial charge on any atom is -0.342 e. The molecule has 3 N–H and O–H groups in total. The maximum Gasteiger partial charge on any atom is 0.269 e. The average molecular weight is 352 g/mol. The summed E-state index contributed by atoms with van der Waals surface area (Å²) < 4.78 is 13.3. The fourth-order valence-electron chi connectivity index (χ4n) is 2.37. The zero-order valence-electron chi connectivity index (χ0n) is 14.0. The van der Waals surface area contributed by atoms with Crippen LogP contribution in [0.3, 0.4) is 0 Å². The zero-order chi connectivity index (χ0) is 18.5. The van der Waals surface area contributed by atoms with Crippen LogP contribution >= 0.6 is 0 Å². The van der Waals surface area contributed by atoms with E-state index in [0.717, 1.165) is 0 Å². The summed E-state index contributed by atoms with van der Waals surface area (Å²) in [6.45, 7) is 1.49. The molecule has 2 amide bonds. The Labute approximate surface area is 149 Å². The number of hydrogen-bond donors (Lipinski definition) is 3. The van der Waals surface area contributed by atoms with Crippen LogP contribution < -0.4 is 10.6 Å². The number of nitrogens with zero attached hydrogens (tertiary/aromatic N) is 1. The molecule has 3 aromatic rings. The van der Waals surface area contributed by atoms with Crippen LogP contribution in [0.1, 0.15) is 16.1 Å². The number of aromatic nitrogens is 2. The molecule has 0 radical (unpaired) electrons. The standard InChI is InChI=1S/C19H17FN4O2/c1-12-9-13(7-8-15(12)20)16-10-17(24-23-16)19(26)21-11-18(25)22-14-5-3-2-4-6-14/h2-10H,11H2,1H3,(H,21,26)(H,22,25)(H,23,24). The van der Waals surface area contributed by atoms with E-state index in [0.29, 0.717) is 22.5 Å². The molecule has 26 heavy (non-hydrogen) atoms. The number of H-pyrrole nitrogens is 1. The molecule has 0 atom stereocenters. The number of amides is 2. The molecule has 3 rings (SSSR count). The Hall–Kier alpha value is -3.48. The van der Waals surface area contributed by atoms with Crippen LogP contribution in [0.2, 0.25) is 0 Å². The van der Waals surface area contributed by atoms with E-state index < -0.39 is 5.91 Å². The van der Waals surface area contributed by atoms with E-state index in [4.69, 9.17) is 0 Å². The van der Waals surface area contributed by atoms with E-state index >= 15 is 0 Å². The van der Waals surface area contributed by atoms with Crippen molar-refractivity contribution in [2.24, 2.45) is 0 Å². The first kappa shape index (κ1) is 17.3. The monoisotopic (exact) mass is 352 g/mol. The van der Waals surface area contributed by atoms with Gasteiger partial charge in [-0.3, -0.25) is 14.7 Å². The third-order valence-electron chi connectivity index (χ3n) is 3.74. The van der Waals surface area contributed by atoms with Crippen molar-refractivity contribution in [2.45, 2.75) is 6.92 Å². The Morgan fingerprint density at radius 3 is 2.62 bits per heavy atom. The Morgan fingerprint density at radius 1 is 1.12 bits per heavy atom. The van der Waals surface area contributed by atoms with Crippen molar-refractivity contribution in [3.8, 4) is 11.3 Å². The number of anilines is 1. The number of aromatic amines is 1. The predicted octanol–water partition coefficient (Wildman–Crippen LogP) is 2.89. The van der Waals surface area contributed by atoms with E-state index in [1.54, 1.807) is 49.4 Å². The molecule has 1 heterocycles. The highest BCUT2D eigenvalue weighted by Crippen LogP contribution is 2.20. The van der Waals surface area contributed by atoms with Gasteiger partial charge in [0.25, 0.3) is 5.91 Å². The van der Waals surface area contributed by atoms with Crippen LogP contribution in [0.25, 0.3) is 11.3 Å². The SMILES string of the molecule is Cc1cc(-c2cc(C(=O)NCC(=O)Nc3ccccc3)[nH]n2)ccc1F. The van der Waals surface area contributed by atoms with Crippen LogP contribution in [-0.4, -0.2) is 28.6 Å². The molecule has 0 unspecified atom stereocenters. The zero-order valence-corrected chi connectivity index (χ0v) is 14.0. The molecule has 6 nitrogen and oxygen atoms in total. The Bertz CT molecular complexity index is 938. The van der Waals surface area contributed by atoms with Crippen molar-refractivity contribution in [2.75, 3.05) is 11.9 Å². The number of benzene rings is 2. The van der Waals surface area contributed by atoms with Gasteiger partial charge in [-0.2, -0.15) is 5.10 Å². The van der Waals surface area contributed by atoms with Gasteiger partial charge in [0.05, 0.1) is 12.2 Å². The summed E-state index contributed by atoms with van der Waals surface area (Å²) in [5.74, 6) is -1.09. The Kier molecular flexibility index (Phi) is 5.07. The van der Waals surface area contributed by atoms with Crippen molar-refractivity contribution in [1.82, 2.24) is 15.5 Å². The lowest BCUT2D eigenvalue weighted by Gasteiger charge is -2.05. The summed E-state index contributed by atoms with van der Waals surface area (Å²) in [7, 11) is 0. The molecule has 0 saturated carbocycles. The Balaban J connectivity index is 1.59. The number of halogens is 1. The lowest BCUT2D eigenvalue weighted by atomic mass is 10.1. The average Bonchev–Trinajstić information content (AvgIpc) is 3.13. The maximum absolute atomic E-state index is 13.3. The number of carbonyl (C=O) groups excluding carboxylic acids is 2. The smallest absolute Gasteiger partial charge is 0.269 e. The topological polar surface area (TPSA) is 86.9 Å². The molecule has 1 aromatic heterocycles. The van der Waals surface area contributed by atoms with Gasteiger partial charge >= 0.3 is 0 Å². The highest BCUT2D eigenvalue weighted by atomic mass is 19.1. The highest BCUT2D eigenvalue weighted by molar-refractivity contribution is 5.98. The molecule has 0 aliphatic rings. The molecule has 0 aliphatic carbocycles. The van der Waals surface area contributed by atoms with Crippen LogP contribution in [0.4, 0.5) is 10.1 Å². The number of para-hydroxylation sites is 1. The van der Waals surface area contributed by atoms with Gasteiger partial charge in [0.2, 0.25) is 5.91 Å². The molecule has 7 heteroatoms. The van der Waals surface area contributed by atoms with Crippen molar-refractivity contribution in [1.29, 1.82) is 0 Å². The number of nitrogens with one attached hydrogen (secondary N) is 3. The lowest BCUT2D eigenvalue weighted by molar-refractivity contribution is -0.115. The quantitative estimate of drug-likeness (QED) is 0.660. The summed E-state index contributed by atoms with van der Waals surface area (Å²) in [5, 5.41) is 11.9. The summed E-state index contributed by atoms with van der Waals surface area (Å²) in [6.07, 6.45) is 0. The third-order valence-corrected chi connectivity index (χ3v) is 3.74. The largest absolute Gasteiger partial charge is 0.342 e. The normalized spacial score (nSPS) is 10.4. The van der Waals surface area contributed by atoms with Gasteiger partial charge in [0.15, 0.2) is 0 Å². The second-order valence-electron chi connectivity index (χ2n) is 5.73. The molecular weight excluding hydrogens is 335 g/mol. The summed E-state index contributed by atoms with van der Waals surface area (Å²) >= 11 is 0. The second kappa shape index (κ2) is 7.60. The summed E-state index contributed by atoms with van der Waals surface area (Å²) in [6, 6.07) is 15.1. The maximum atomic E-state index is 13.3. The van der Waals surface area contributed by atoms with Crippen LogP contribution in [0.5, 0.6) is 0 Å². The molecule has 132 valence electrons. The van der Waals surface area contributed by atoms with Crippen LogP contribution in [-0.2, 0) is 4.79 Å². The van der Waals surface area contributed by atoms with Crippen LogP contribution in [0.15, 0.2) is 54.6 Å². The van der Waals surface area contributed by atoms with Gasteiger partial charge in [-0.25, -0.2) is 4.39 Å². The molecular formula is C19H17FN4O2. The minimum atomic E-state index is -0.453. The van der Waals surface area contributed by atoms with Gasteiger partial charge in [-0.1, -0.05) is 18.2 Å². The first-order valence-corrected chi connectivity index (χ1v) is 7.98. The molecule has 0 spiro atoms. The van der Waals surface area contributed by atoms with E-state index in [9.17, 15) is 14.0 Å². The van der Waals surface area contributed by atoms with Gasteiger partial charge in [0.1, 0.15) is 11.5 Å². The number of hydrogen-bond acceptors (Lipinski definition) is 3. The van der Waals surface area contributed by atoms with Gasteiger partial charge < -0.3 is 10.6 Å². The van der Waals surface area contributed by atoms with Crippen molar-refractivity contribution < 1.29 is 14.0 Å². The molecule has 0 aliphatic heterocycles. The minimum absolute atomic E-state index is 0.169. The number of rotatable bonds is 5. The van der Waals surface area contributed by atoms with Gasteiger partial charge in [-0.15, -0.1) is 0 Å². The molecule has 0 saturated heterocycles. The van der Waals surface area contributed by atoms with E-state index in [1.165, 1.54) is 6.07 Å². The van der Waals surface area contributed by atoms with Crippen LogP contribution in [0, 0.1) is 12.7 Å². The predicted molar refractivity (Wildman–Crippen MR) is 96.1 cm³/mol. The second-order valence-corrected chi connectivity index (χ2v) is 5.73. The van der Waals surface area contributed by atoms with E-state index in [-0.39, 0.29) is 24.0 Å². The van der Waals surface area contributed by atoms with Crippen molar-refractivity contribution in [3.05, 3.63) is 71.7 Å². The number of aryl methyl sites for hydroxylation is 1.